The van der Waals surface area contributed by atoms with Crippen LogP contribution in [0.2, 0.25) is 5.02 Å². The molecule has 1 heterocycles. The monoisotopic (exact) mass is 375 g/mol. The summed E-state index contributed by atoms with van der Waals surface area (Å²) in [5.41, 5.74) is 1.15. The molecule has 2 aromatic rings. The lowest BCUT2D eigenvalue weighted by Gasteiger charge is -2.23. The molecule has 0 saturated carbocycles. The average molecular weight is 376 g/mol. The molecule has 25 heavy (non-hydrogen) atoms. The van der Waals surface area contributed by atoms with Gasteiger partial charge in [0, 0.05) is 15.5 Å². The van der Waals surface area contributed by atoms with E-state index in [-0.39, 0.29) is 24.7 Å². The number of ketones is 1. The number of anilines is 1. The number of hydrogen-bond acceptors (Lipinski definition) is 5. The van der Waals surface area contributed by atoms with Gasteiger partial charge in [-0.25, -0.2) is 0 Å². The van der Waals surface area contributed by atoms with Gasteiger partial charge in [-0.3, -0.25) is 14.4 Å². The van der Waals surface area contributed by atoms with Crippen LogP contribution in [-0.2, 0) is 14.3 Å². The molecule has 0 radical (unpaired) electrons. The highest BCUT2D eigenvalue weighted by Crippen LogP contribution is 2.36. The Balaban J connectivity index is 1.53. The van der Waals surface area contributed by atoms with Crippen molar-refractivity contribution in [2.24, 2.45) is 0 Å². The maximum Gasteiger partial charge on any atom is 0.307 e. The van der Waals surface area contributed by atoms with Crippen molar-refractivity contribution >= 4 is 46.7 Å². The van der Waals surface area contributed by atoms with E-state index >= 15 is 0 Å². The molecule has 128 valence electrons. The van der Waals surface area contributed by atoms with Crippen LogP contribution >= 0.6 is 23.4 Å². The molecular weight excluding hydrogens is 362 g/mol. The first-order valence-corrected chi connectivity index (χ1v) is 8.79. The average Bonchev–Trinajstić information content (AvgIpc) is 2.61. The summed E-state index contributed by atoms with van der Waals surface area (Å²) in [6.07, 6.45) is -0.0985. The second kappa shape index (κ2) is 7.72. The first kappa shape index (κ1) is 17.5. The number of fused-ring (bicyclic) bond motifs is 1. The van der Waals surface area contributed by atoms with Gasteiger partial charge in [-0.2, -0.15) is 0 Å². The Labute approximate surface area is 153 Å². The zero-order chi connectivity index (χ0) is 17.8. The van der Waals surface area contributed by atoms with Gasteiger partial charge in [-0.1, -0.05) is 23.7 Å². The van der Waals surface area contributed by atoms with Crippen LogP contribution in [0.4, 0.5) is 5.69 Å². The van der Waals surface area contributed by atoms with Crippen molar-refractivity contribution < 1.29 is 19.1 Å². The van der Waals surface area contributed by atoms with Gasteiger partial charge in [0.1, 0.15) is 0 Å². The lowest BCUT2D eigenvalue weighted by atomic mass is 10.1. The van der Waals surface area contributed by atoms with E-state index in [1.54, 1.807) is 30.3 Å². The van der Waals surface area contributed by atoms with Gasteiger partial charge in [0.25, 0.3) is 0 Å². The van der Waals surface area contributed by atoms with E-state index in [2.05, 4.69) is 5.32 Å². The predicted octanol–water partition coefficient (Wildman–Crippen LogP) is 3.57. The molecule has 1 amide bonds. The Morgan fingerprint density at radius 1 is 1.12 bits per heavy atom. The number of halogens is 1. The lowest BCUT2D eigenvalue weighted by molar-refractivity contribution is -0.143. The summed E-state index contributed by atoms with van der Waals surface area (Å²) in [6, 6.07) is 13.7. The Morgan fingerprint density at radius 3 is 2.60 bits per heavy atom. The highest BCUT2D eigenvalue weighted by molar-refractivity contribution is 8.01. The summed E-state index contributed by atoms with van der Waals surface area (Å²) in [6.45, 7) is -0.365. The van der Waals surface area contributed by atoms with Crippen molar-refractivity contribution in [3.05, 3.63) is 59.1 Å². The van der Waals surface area contributed by atoms with E-state index in [4.69, 9.17) is 16.3 Å². The van der Waals surface area contributed by atoms with Crippen LogP contribution in [-0.4, -0.2) is 29.5 Å². The molecule has 7 heteroatoms. The highest BCUT2D eigenvalue weighted by Gasteiger charge is 2.29. The summed E-state index contributed by atoms with van der Waals surface area (Å²) >= 11 is 7.08. The number of carbonyl (C=O) groups excluding carboxylic acids is 3. The number of nitrogens with one attached hydrogen (secondary N) is 1. The second-order valence-corrected chi connectivity index (χ2v) is 7.07. The molecule has 0 aliphatic carbocycles. The van der Waals surface area contributed by atoms with Crippen LogP contribution in [0.5, 0.6) is 0 Å². The molecule has 3 rings (SSSR count). The Bertz CT molecular complexity index is 822. The van der Waals surface area contributed by atoms with Crippen LogP contribution in [0.15, 0.2) is 53.4 Å². The zero-order valence-corrected chi connectivity index (χ0v) is 14.6. The van der Waals surface area contributed by atoms with E-state index in [1.165, 1.54) is 11.8 Å². The summed E-state index contributed by atoms with van der Waals surface area (Å²) in [7, 11) is 0. The summed E-state index contributed by atoms with van der Waals surface area (Å²) in [5.74, 6) is -1.16. The summed E-state index contributed by atoms with van der Waals surface area (Å²) < 4.78 is 5.01. The van der Waals surface area contributed by atoms with Crippen molar-refractivity contribution in [2.45, 2.75) is 16.6 Å². The molecule has 0 aromatic heterocycles. The number of thioether (sulfide) groups is 1. The van der Waals surface area contributed by atoms with Gasteiger partial charge in [0.05, 0.1) is 17.4 Å². The molecule has 1 aliphatic rings. The van der Waals surface area contributed by atoms with Crippen LogP contribution in [0.25, 0.3) is 0 Å². The number of carbonyl (C=O) groups is 3. The Hall–Kier alpha value is -2.31. The normalized spacial score (nSPS) is 15.9. The number of benzene rings is 2. The van der Waals surface area contributed by atoms with E-state index < -0.39 is 11.2 Å². The van der Waals surface area contributed by atoms with Gasteiger partial charge in [0.15, 0.2) is 12.4 Å². The van der Waals surface area contributed by atoms with Gasteiger partial charge >= 0.3 is 5.97 Å². The number of rotatable bonds is 5. The fourth-order valence-corrected chi connectivity index (χ4v) is 3.52. The van der Waals surface area contributed by atoms with Crippen molar-refractivity contribution in [1.29, 1.82) is 0 Å². The highest BCUT2D eigenvalue weighted by atomic mass is 35.5. The van der Waals surface area contributed by atoms with Crippen LogP contribution in [0.1, 0.15) is 16.8 Å². The van der Waals surface area contributed by atoms with Crippen LogP contribution in [0, 0.1) is 0 Å². The topological polar surface area (TPSA) is 72.5 Å². The number of Topliss-reactive ketones (excluding diaryl/α,β-unsaturated/α-hetero) is 1. The molecule has 0 fully saturated rings. The van der Waals surface area contributed by atoms with Gasteiger partial charge in [0.2, 0.25) is 5.91 Å². The van der Waals surface area contributed by atoms with Crippen molar-refractivity contribution in [3.63, 3.8) is 0 Å². The smallest absolute Gasteiger partial charge is 0.307 e. The minimum Gasteiger partial charge on any atom is -0.457 e. The van der Waals surface area contributed by atoms with Crippen LogP contribution in [0.3, 0.4) is 0 Å². The molecule has 1 atom stereocenters. The van der Waals surface area contributed by atoms with E-state index in [0.29, 0.717) is 10.6 Å². The van der Waals surface area contributed by atoms with E-state index in [9.17, 15) is 14.4 Å². The predicted molar refractivity (Wildman–Crippen MR) is 96.1 cm³/mol. The van der Waals surface area contributed by atoms with E-state index in [0.717, 1.165) is 10.6 Å². The lowest BCUT2D eigenvalue weighted by Crippen LogP contribution is -2.31. The summed E-state index contributed by atoms with van der Waals surface area (Å²) in [4.78, 5) is 36.9. The Kier molecular flexibility index (Phi) is 5.40. The maximum atomic E-state index is 12.1. The second-order valence-electron chi connectivity index (χ2n) is 5.39. The molecule has 0 spiro atoms. The zero-order valence-electron chi connectivity index (χ0n) is 13.0. The van der Waals surface area contributed by atoms with Crippen LogP contribution < -0.4 is 5.32 Å². The molecule has 0 saturated heterocycles. The largest absolute Gasteiger partial charge is 0.457 e. The van der Waals surface area contributed by atoms with Gasteiger partial charge in [-0.15, -0.1) is 11.8 Å². The number of amides is 1. The van der Waals surface area contributed by atoms with Crippen molar-refractivity contribution in [2.75, 3.05) is 11.9 Å². The first-order valence-electron chi connectivity index (χ1n) is 7.54. The van der Waals surface area contributed by atoms with Crippen molar-refractivity contribution in [3.8, 4) is 0 Å². The third kappa shape index (κ3) is 4.41. The van der Waals surface area contributed by atoms with Gasteiger partial charge in [-0.05, 0) is 36.4 Å². The molecule has 2 aromatic carbocycles. The number of ether oxygens (including phenoxy) is 1. The van der Waals surface area contributed by atoms with E-state index in [1.807, 2.05) is 18.2 Å². The quantitative estimate of drug-likeness (QED) is 0.639. The minimum atomic E-state index is -0.589. The summed E-state index contributed by atoms with van der Waals surface area (Å²) in [5, 5.41) is 2.71. The third-order valence-electron chi connectivity index (χ3n) is 3.59. The molecule has 0 bridgehead atoms. The van der Waals surface area contributed by atoms with Gasteiger partial charge < -0.3 is 10.1 Å². The fourth-order valence-electron chi connectivity index (χ4n) is 2.30. The SMILES string of the molecule is O=C(CC1Sc2ccccc2NC1=O)OCC(=O)c1ccc(Cl)cc1. The molecule has 1 N–H and O–H groups in total. The first-order chi connectivity index (χ1) is 12.0. The minimum absolute atomic E-state index is 0.0985. The number of hydrogen-bond donors (Lipinski definition) is 1. The number of esters is 1. The maximum absolute atomic E-state index is 12.1. The third-order valence-corrected chi connectivity index (χ3v) is 5.12. The Morgan fingerprint density at radius 2 is 1.84 bits per heavy atom. The molecule has 1 unspecified atom stereocenters. The fraction of sp³-hybridized carbons (Fsp3) is 0.167. The molecule has 1 aliphatic heterocycles. The number of para-hydroxylation sites is 1. The molecular formula is C18H14ClNO4S. The molecule has 5 nitrogen and oxygen atoms in total. The standard InChI is InChI=1S/C18H14ClNO4S/c19-12-7-5-11(6-8-12)14(21)10-24-17(22)9-16-18(23)20-13-3-1-2-4-15(13)25-16/h1-8,16H,9-10H2,(H,20,23). The van der Waals surface area contributed by atoms with Crippen molar-refractivity contribution in [1.82, 2.24) is 0 Å².